The number of hydrogen-bond acceptors (Lipinski definition) is 4. The van der Waals surface area contributed by atoms with Crippen molar-refractivity contribution in [2.24, 2.45) is 0 Å². The molecule has 0 saturated carbocycles. The van der Waals surface area contributed by atoms with E-state index in [0.717, 1.165) is 16.7 Å². The van der Waals surface area contributed by atoms with Gasteiger partial charge in [0.05, 0.1) is 16.6 Å². The maximum atomic E-state index is 13.8. The topological polar surface area (TPSA) is 52.0 Å². The second-order valence-electron chi connectivity index (χ2n) is 8.67. The molecule has 1 aromatic heterocycles. The van der Waals surface area contributed by atoms with Gasteiger partial charge in [-0.05, 0) is 55.8 Å². The zero-order chi connectivity index (χ0) is 25.2. The smallest absolute Gasteiger partial charge is 0.266 e. The van der Waals surface area contributed by atoms with Gasteiger partial charge in [-0.3, -0.25) is 14.2 Å². The van der Waals surface area contributed by atoms with E-state index in [2.05, 4.69) is 0 Å². The standard InChI is InChI=1S/C30H23ClN2O2S/c1-19-7-11-21(12-8-19)27(34)28(22-13-9-20(2)10-14-22)36-30-32-26-6-4-3-5-25(26)29(35)33(30)24-17-15-23(31)16-18-24/h3-18,28H,1-2H3/t28-/m1/s1. The maximum absolute atomic E-state index is 13.8. The lowest BCUT2D eigenvalue weighted by Crippen LogP contribution is -2.23. The number of carbonyl (C=O) groups is 1. The quantitative estimate of drug-likeness (QED) is 0.136. The molecule has 0 radical (unpaired) electrons. The lowest BCUT2D eigenvalue weighted by molar-refractivity contribution is 0.0989. The summed E-state index contributed by atoms with van der Waals surface area (Å²) in [7, 11) is 0. The number of halogens is 1. The Morgan fingerprint density at radius 1 is 0.833 bits per heavy atom. The van der Waals surface area contributed by atoms with Crippen LogP contribution in [-0.4, -0.2) is 15.3 Å². The average Bonchev–Trinajstić information content (AvgIpc) is 2.89. The first-order valence-electron chi connectivity index (χ1n) is 11.5. The molecule has 1 heterocycles. The van der Waals surface area contributed by atoms with Crippen molar-refractivity contribution >= 4 is 40.0 Å². The van der Waals surface area contributed by atoms with E-state index >= 15 is 0 Å². The van der Waals surface area contributed by atoms with Crippen LogP contribution >= 0.6 is 23.4 Å². The highest BCUT2D eigenvalue weighted by Crippen LogP contribution is 2.38. The summed E-state index contributed by atoms with van der Waals surface area (Å²) >= 11 is 7.40. The molecule has 6 heteroatoms. The van der Waals surface area contributed by atoms with Crippen molar-refractivity contribution < 1.29 is 4.79 Å². The predicted octanol–water partition coefficient (Wildman–Crippen LogP) is 7.37. The number of fused-ring (bicyclic) bond motifs is 1. The Hall–Kier alpha value is -3.67. The minimum absolute atomic E-state index is 0.0473. The molecule has 0 bridgehead atoms. The molecule has 0 aliphatic rings. The molecule has 178 valence electrons. The predicted molar refractivity (Wildman–Crippen MR) is 148 cm³/mol. The Balaban J connectivity index is 1.69. The highest BCUT2D eigenvalue weighted by molar-refractivity contribution is 8.00. The molecule has 4 nitrogen and oxygen atoms in total. The van der Waals surface area contributed by atoms with E-state index in [1.165, 1.54) is 11.8 Å². The number of ketones is 1. The Morgan fingerprint density at radius 3 is 2.11 bits per heavy atom. The fourth-order valence-electron chi connectivity index (χ4n) is 4.00. The first kappa shape index (κ1) is 24.0. The van der Waals surface area contributed by atoms with Crippen molar-refractivity contribution in [3.8, 4) is 5.69 Å². The molecule has 5 rings (SSSR count). The number of benzene rings is 4. The van der Waals surface area contributed by atoms with Crippen LogP contribution in [0.3, 0.4) is 0 Å². The van der Waals surface area contributed by atoms with E-state index in [1.807, 2.05) is 80.6 Å². The molecule has 0 aliphatic carbocycles. The summed E-state index contributed by atoms with van der Waals surface area (Å²) in [5.74, 6) is -0.0473. The molecular formula is C30H23ClN2O2S. The van der Waals surface area contributed by atoms with Gasteiger partial charge in [-0.1, -0.05) is 95.2 Å². The number of hydrogen-bond donors (Lipinski definition) is 0. The number of thioether (sulfide) groups is 1. The van der Waals surface area contributed by atoms with Gasteiger partial charge in [0.25, 0.3) is 5.56 Å². The van der Waals surface area contributed by atoms with Gasteiger partial charge in [-0.2, -0.15) is 0 Å². The van der Waals surface area contributed by atoms with Crippen molar-refractivity contribution in [2.75, 3.05) is 0 Å². The Kier molecular flexibility index (Phi) is 6.77. The first-order valence-corrected chi connectivity index (χ1v) is 12.8. The van der Waals surface area contributed by atoms with Crippen LogP contribution < -0.4 is 5.56 Å². The summed E-state index contributed by atoms with van der Waals surface area (Å²) < 4.78 is 1.56. The largest absolute Gasteiger partial charge is 0.293 e. The highest BCUT2D eigenvalue weighted by Gasteiger charge is 2.26. The van der Waals surface area contributed by atoms with Gasteiger partial charge < -0.3 is 0 Å². The van der Waals surface area contributed by atoms with E-state index in [0.29, 0.717) is 32.3 Å². The van der Waals surface area contributed by atoms with Gasteiger partial charge in [0.1, 0.15) is 5.25 Å². The fourth-order valence-corrected chi connectivity index (χ4v) is 5.32. The van der Waals surface area contributed by atoms with Gasteiger partial charge in [-0.25, -0.2) is 4.98 Å². The number of para-hydroxylation sites is 1. The minimum Gasteiger partial charge on any atom is -0.293 e. The summed E-state index contributed by atoms with van der Waals surface area (Å²) in [4.78, 5) is 32.3. The molecule has 1 atom stereocenters. The summed E-state index contributed by atoms with van der Waals surface area (Å²) in [6.45, 7) is 4.00. The van der Waals surface area contributed by atoms with Crippen molar-refractivity contribution in [3.05, 3.63) is 135 Å². The van der Waals surface area contributed by atoms with Crippen LogP contribution in [0.4, 0.5) is 0 Å². The second-order valence-corrected chi connectivity index (χ2v) is 10.2. The molecule has 0 N–H and O–H groups in total. The van der Waals surface area contributed by atoms with Crippen LogP contribution in [-0.2, 0) is 0 Å². The van der Waals surface area contributed by atoms with Gasteiger partial charge in [0.15, 0.2) is 10.9 Å². The first-order chi connectivity index (χ1) is 17.4. The van der Waals surface area contributed by atoms with Crippen LogP contribution in [0.5, 0.6) is 0 Å². The number of aromatic nitrogens is 2. The molecule has 0 unspecified atom stereocenters. The van der Waals surface area contributed by atoms with Crippen LogP contribution in [0, 0.1) is 13.8 Å². The molecule has 0 spiro atoms. The number of nitrogens with zero attached hydrogens (tertiary/aromatic N) is 2. The molecular weight excluding hydrogens is 488 g/mol. The number of carbonyl (C=O) groups excluding carboxylic acids is 1. The van der Waals surface area contributed by atoms with E-state index in [9.17, 15) is 9.59 Å². The van der Waals surface area contributed by atoms with E-state index in [1.54, 1.807) is 34.9 Å². The molecule has 36 heavy (non-hydrogen) atoms. The van der Waals surface area contributed by atoms with Gasteiger partial charge in [-0.15, -0.1) is 0 Å². The summed E-state index contributed by atoms with van der Waals surface area (Å²) in [5.41, 5.74) is 4.67. The Labute approximate surface area is 218 Å². The SMILES string of the molecule is Cc1ccc(C(=O)[C@H](Sc2nc3ccccc3c(=O)n2-c2ccc(Cl)cc2)c2ccc(C)cc2)cc1. The van der Waals surface area contributed by atoms with Gasteiger partial charge in [0.2, 0.25) is 0 Å². The lowest BCUT2D eigenvalue weighted by Gasteiger charge is -2.19. The van der Waals surface area contributed by atoms with E-state index < -0.39 is 5.25 Å². The highest BCUT2D eigenvalue weighted by atomic mass is 35.5. The Bertz CT molecular complexity index is 1610. The minimum atomic E-state index is -0.597. The van der Waals surface area contributed by atoms with Crippen molar-refractivity contribution in [1.82, 2.24) is 9.55 Å². The van der Waals surface area contributed by atoms with E-state index in [-0.39, 0.29) is 11.3 Å². The number of rotatable bonds is 6. The second kappa shape index (κ2) is 10.1. The average molecular weight is 511 g/mol. The van der Waals surface area contributed by atoms with Gasteiger partial charge >= 0.3 is 0 Å². The third-order valence-electron chi connectivity index (χ3n) is 6.01. The molecule has 0 fully saturated rings. The van der Waals surface area contributed by atoms with Crippen LogP contribution in [0.25, 0.3) is 16.6 Å². The Morgan fingerprint density at radius 2 is 1.44 bits per heavy atom. The molecule has 4 aromatic carbocycles. The summed E-state index contributed by atoms with van der Waals surface area (Å²) in [6, 6.07) is 29.8. The molecule has 5 aromatic rings. The fraction of sp³-hybridized carbons (Fsp3) is 0.100. The zero-order valence-electron chi connectivity index (χ0n) is 19.8. The van der Waals surface area contributed by atoms with Crippen molar-refractivity contribution in [3.63, 3.8) is 0 Å². The number of aryl methyl sites for hydroxylation is 2. The molecule has 0 saturated heterocycles. The normalized spacial score (nSPS) is 12.0. The monoisotopic (exact) mass is 510 g/mol. The molecule has 0 amide bonds. The lowest BCUT2D eigenvalue weighted by atomic mass is 10.0. The third kappa shape index (κ3) is 4.85. The summed E-state index contributed by atoms with van der Waals surface area (Å²) in [5, 5.41) is 0.919. The third-order valence-corrected chi connectivity index (χ3v) is 7.47. The summed E-state index contributed by atoms with van der Waals surface area (Å²) in [6.07, 6.45) is 0. The zero-order valence-corrected chi connectivity index (χ0v) is 21.4. The van der Waals surface area contributed by atoms with Crippen molar-refractivity contribution in [2.45, 2.75) is 24.3 Å². The number of Topliss-reactive ketones (excluding diaryl/α,β-unsaturated/α-hetero) is 1. The van der Waals surface area contributed by atoms with Crippen LogP contribution in [0.15, 0.2) is 107 Å². The molecule has 0 aliphatic heterocycles. The van der Waals surface area contributed by atoms with E-state index in [4.69, 9.17) is 16.6 Å². The van der Waals surface area contributed by atoms with Crippen LogP contribution in [0.1, 0.15) is 32.3 Å². The van der Waals surface area contributed by atoms with Gasteiger partial charge in [0, 0.05) is 10.6 Å². The van der Waals surface area contributed by atoms with Crippen molar-refractivity contribution in [1.29, 1.82) is 0 Å². The maximum Gasteiger partial charge on any atom is 0.266 e. The van der Waals surface area contributed by atoms with Crippen LogP contribution in [0.2, 0.25) is 5.02 Å².